The predicted octanol–water partition coefficient (Wildman–Crippen LogP) is 2.37. The van der Waals surface area contributed by atoms with Gasteiger partial charge in [-0.2, -0.15) is 0 Å². The van der Waals surface area contributed by atoms with E-state index >= 15 is 0 Å². The third kappa shape index (κ3) is 2.91. The highest BCUT2D eigenvalue weighted by Crippen LogP contribution is 2.29. The van der Waals surface area contributed by atoms with E-state index in [4.69, 9.17) is 4.74 Å². The highest BCUT2D eigenvalue weighted by atomic mass is 32.1. The van der Waals surface area contributed by atoms with E-state index in [-0.39, 0.29) is 11.9 Å². The van der Waals surface area contributed by atoms with Crippen LogP contribution in [0.3, 0.4) is 0 Å². The Hall–Kier alpha value is -1.92. The fourth-order valence-electron chi connectivity index (χ4n) is 2.20. The summed E-state index contributed by atoms with van der Waals surface area (Å²) in [6, 6.07) is 7.90. The summed E-state index contributed by atoms with van der Waals surface area (Å²) >= 11 is 1.43. The number of fused-ring (bicyclic) bond motifs is 1. The van der Waals surface area contributed by atoms with Crippen molar-refractivity contribution in [3.63, 3.8) is 0 Å². The number of ether oxygens (including phenoxy) is 1. The van der Waals surface area contributed by atoms with Gasteiger partial charge in [-0.25, -0.2) is 4.98 Å². The van der Waals surface area contributed by atoms with Gasteiger partial charge >= 0.3 is 0 Å². The number of carbonyl (C=O) groups is 1. The Morgan fingerprint density at radius 3 is 3.05 bits per heavy atom. The number of nitrogens with one attached hydrogen (secondary N) is 2. The van der Waals surface area contributed by atoms with Crippen LogP contribution in [0.2, 0.25) is 0 Å². The number of benzene rings is 1. The van der Waals surface area contributed by atoms with Crippen molar-refractivity contribution in [2.75, 3.05) is 12.4 Å². The number of aromatic nitrogens is 1. The van der Waals surface area contributed by atoms with Crippen LogP contribution in [0.15, 0.2) is 29.6 Å². The maximum atomic E-state index is 12.2. The van der Waals surface area contributed by atoms with E-state index in [9.17, 15) is 4.79 Å². The topological polar surface area (TPSA) is 63.2 Å². The Balaban J connectivity index is 1.64. The molecule has 1 aliphatic heterocycles. The Labute approximate surface area is 127 Å². The Morgan fingerprint density at radius 2 is 2.29 bits per heavy atom. The molecule has 1 aliphatic rings. The summed E-state index contributed by atoms with van der Waals surface area (Å²) in [6.07, 6.45) is 0.129. The van der Waals surface area contributed by atoms with Gasteiger partial charge in [0.2, 0.25) is 0 Å². The number of carbonyl (C=O) groups excluding carboxylic acids is 1. The number of hydrogen-bond acceptors (Lipinski definition) is 5. The standard InChI is InChI=1S/C15H17N3O2S/c1-9(16-2)11-8-21-15(17-11)18-14(19)13-7-10-5-3-4-6-12(10)20-13/h3-6,8-9,13,16H,7H2,1-2H3,(H,17,18,19). The molecule has 21 heavy (non-hydrogen) atoms. The quantitative estimate of drug-likeness (QED) is 0.910. The highest BCUT2D eigenvalue weighted by molar-refractivity contribution is 7.13. The van der Waals surface area contributed by atoms with E-state index in [2.05, 4.69) is 15.6 Å². The minimum atomic E-state index is -0.475. The lowest BCUT2D eigenvalue weighted by Gasteiger charge is -2.09. The summed E-state index contributed by atoms with van der Waals surface area (Å²) in [7, 11) is 1.88. The smallest absolute Gasteiger partial charge is 0.267 e. The van der Waals surface area contributed by atoms with Crippen molar-refractivity contribution >= 4 is 22.4 Å². The van der Waals surface area contributed by atoms with Crippen LogP contribution in [0, 0.1) is 0 Å². The molecule has 2 atom stereocenters. The number of hydrogen-bond donors (Lipinski definition) is 2. The molecule has 3 rings (SSSR count). The molecule has 2 heterocycles. The van der Waals surface area contributed by atoms with Crippen molar-refractivity contribution in [3.8, 4) is 5.75 Å². The SMILES string of the molecule is CNC(C)c1csc(NC(=O)C2Cc3ccccc3O2)n1. The molecular formula is C15H17N3O2S. The largest absolute Gasteiger partial charge is 0.480 e. The first-order chi connectivity index (χ1) is 10.2. The van der Waals surface area contributed by atoms with Crippen molar-refractivity contribution in [1.82, 2.24) is 10.3 Å². The fourth-order valence-corrected chi connectivity index (χ4v) is 3.01. The van der Waals surface area contributed by atoms with E-state index in [1.807, 2.05) is 43.6 Å². The fraction of sp³-hybridized carbons (Fsp3) is 0.333. The number of anilines is 1. The molecule has 0 aliphatic carbocycles. The molecule has 2 unspecified atom stereocenters. The van der Waals surface area contributed by atoms with Gasteiger partial charge in [-0.05, 0) is 25.6 Å². The number of amides is 1. The number of thiazole rings is 1. The monoisotopic (exact) mass is 303 g/mol. The highest BCUT2D eigenvalue weighted by Gasteiger charge is 2.29. The van der Waals surface area contributed by atoms with Gasteiger partial charge in [-0.1, -0.05) is 18.2 Å². The van der Waals surface area contributed by atoms with E-state index in [1.54, 1.807) is 0 Å². The first-order valence-corrected chi connectivity index (χ1v) is 7.73. The van der Waals surface area contributed by atoms with Crippen LogP contribution in [0.25, 0.3) is 0 Å². The molecule has 5 nitrogen and oxygen atoms in total. The second-order valence-corrected chi connectivity index (χ2v) is 5.85. The van der Waals surface area contributed by atoms with Crippen LogP contribution >= 0.6 is 11.3 Å². The first kappa shape index (κ1) is 14.0. The summed E-state index contributed by atoms with van der Waals surface area (Å²) < 4.78 is 5.67. The molecule has 1 aromatic carbocycles. The second-order valence-electron chi connectivity index (χ2n) is 5.00. The summed E-state index contributed by atoms with van der Waals surface area (Å²) in [5.41, 5.74) is 2.00. The van der Waals surface area contributed by atoms with Crippen molar-refractivity contribution in [1.29, 1.82) is 0 Å². The molecule has 0 bridgehead atoms. The molecule has 0 radical (unpaired) electrons. The predicted molar refractivity (Wildman–Crippen MR) is 82.8 cm³/mol. The molecule has 1 amide bonds. The van der Waals surface area contributed by atoms with Gasteiger partial charge in [0, 0.05) is 17.8 Å². The maximum Gasteiger partial charge on any atom is 0.267 e. The zero-order valence-electron chi connectivity index (χ0n) is 11.9. The zero-order valence-corrected chi connectivity index (χ0v) is 12.7. The normalized spacial score (nSPS) is 17.9. The van der Waals surface area contributed by atoms with Gasteiger partial charge in [-0.15, -0.1) is 11.3 Å². The lowest BCUT2D eigenvalue weighted by Crippen LogP contribution is -2.31. The van der Waals surface area contributed by atoms with E-state index < -0.39 is 6.10 Å². The molecule has 2 aromatic rings. The van der Waals surface area contributed by atoms with E-state index in [0.717, 1.165) is 17.0 Å². The van der Waals surface area contributed by atoms with Crippen LogP contribution in [-0.4, -0.2) is 24.0 Å². The number of para-hydroxylation sites is 1. The van der Waals surface area contributed by atoms with Gasteiger partial charge in [-0.3, -0.25) is 10.1 Å². The average molecular weight is 303 g/mol. The van der Waals surface area contributed by atoms with Crippen LogP contribution in [0.1, 0.15) is 24.2 Å². The molecule has 1 aromatic heterocycles. The second kappa shape index (κ2) is 5.83. The molecule has 0 fully saturated rings. The van der Waals surface area contributed by atoms with Gasteiger partial charge in [0.15, 0.2) is 11.2 Å². The molecular weight excluding hydrogens is 286 g/mol. The lowest BCUT2D eigenvalue weighted by atomic mass is 10.1. The van der Waals surface area contributed by atoms with E-state index in [0.29, 0.717) is 11.6 Å². The molecule has 0 spiro atoms. The van der Waals surface area contributed by atoms with Crippen molar-refractivity contribution < 1.29 is 9.53 Å². The Kier molecular flexibility index (Phi) is 3.90. The summed E-state index contributed by atoms with van der Waals surface area (Å²) in [5, 5.41) is 8.51. The van der Waals surface area contributed by atoms with Crippen LogP contribution in [0.4, 0.5) is 5.13 Å². The average Bonchev–Trinajstić information content (AvgIpc) is 3.12. The third-order valence-corrected chi connectivity index (χ3v) is 4.34. The Bertz CT molecular complexity index is 631. The third-order valence-electron chi connectivity index (χ3n) is 3.57. The van der Waals surface area contributed by atoms with Crippen LogP contribution < -0.4 is 15.4 Å². The summed E-state index contributed by atoms with van der Waals surface area (Å²) in [5.74, 6) is 0.644. The minimum absolute atomic E-state index is 0.149. The molecule has 2 N–H and O–H groups in total. The summed E-state index contributed by atoms with van der Waals surface area (Å²) in [4.78, 5) is 16.7. The number of rotatable bonds is 4. The van der Waals surface area contributed by atoms with Crippen molar-refractivity contribution in [2.24, 2.45) is 0 Å². The molecule has 6 heteroatoms. The van der Waals surface area contributed by atoms with Crippen molar-refractivity contribution in [2.45, 2.75) is 25.5 Å². The van der Waals surface area contributed by atoms with Crippen LogP contribution in [-0.2, 0) is 11.2 Å². The van der Waals surface area contributed by atoms with Gasteiger partial charge in [0.25, 0.3) is 5.91 Å². The molecule has 0 saturated heterocycles. The maximum absolute atomic E-state index is 12.2. The van der Waals surface area contributed by atoms with Gasteiger partial charge in [0.1, 0.15) is 5.75 Å². The first-order valence-electron chi connectivity index (χ1n) is 6.85. The van der Waals surface area contributed by atoms with Crippen molar-refractivity contribution in [3.05, 3.63) is 40.9 Å². The summed E-state index contributed by atoms with van der Waals surface area (Å²) in [6.45, 7) is 2.03. The Morgan fingerprint density at radius 1 is 1.48 bits per heavy atom. The minimum Gasteiger partial charge on any atom is -0.480 e. The van der Waals surface area contributed by atoms with Crippen LogP contribution in [0.5, 0.6) is 5.75 Å². The van der Waals surface area contributed by atoms with Gasteiger partial charge in [0.05, 0.1) is 5.69 Å². The zero-order chi connectivity index (χ0) is 14.8. The van der Waals surface area contributed by atoms with Gasteiger partial charge < -0.3 is 10.1 Å². The number of nitrogens with zero attached hydrogens (tertiary/aromatic N) is 1. The molecule has 110 valence electrons. The lowest BCUT2D eigenvalue weighted by molar-refractivity contribution is -0.122. The molecule has 0 saturated carbocycles. The van der Waals surface area contributed by atoms with E-state index in [1.165, 1.54) is 11.3 Å².